The van der Waals surface area contributed by atoms with Gasteiger partial charge in [-0.25, -0.2) is 9.59 Å². The van der Waals surface area contributed by atoms with Crippen molar-refractivity contribution in [3.05, 3.63) is 11.8 Å². The molecule has 88 valence electrons. The number of urea groups is 1. The molecule has 1 aromatic rings. The molecule has 0 spiro atoms. The molecule has 7 nitrogen and oxygen atoms in total. The number of esters is 1. The molecular weight excluding hydrogens is 212 g/mol. The molecule has 2 N–H and O–H groups in total. The second kappa shape index (κ2) is 5.15. The van der Waals surface area contributed by atoms with Gasteiger partial charge in [0.15, 0.2) is 5.82 Å². The Morgan fingerprint density at radius 3 is 2.81 bits per heavy atom. The third-order valence-corrected chi connectivity index (χ3v) is 1.85. The molecule has 7 heteroatoms. The fraction of sp³-hybridized carbons (Fsp3) is 0.444. The maximum absolute atomic E-state index is 11.2. The van der Waals surface area contributed by atoms with Gasteiger partial charge in [-0.15, -0.1) is 0 Å². The zero-order valence-corrected chi connectivity index (χ0v) is 9.40. The van der Waals surface area contributed by atoms with E-state index in [0.717, 1.165) is 0 Å². The first-order chi connectivity index (χ1) is 7.58. The van der Waals surface area contributed by atoms with E-state index in [-0.39, 0.29) is 11.7 Å². The summed E-state index contributed by atoms with van der Waals surface area (Å²) in [4.78, 5) is 22.4. The van der Waals surface area contributed by atoms with Crippen LogP contribution in [0, 0.1) is 0 Å². The van der Waals surface area contributed by atoms with E-state index >= 15 is 0 Å². The Morgan fingerprint density at radius 2 is 2.25 bits per heavy atom. The van der Waals surface area contributed by atoms with Crippen molar-refractivity contribution in [3.8, 4) is 0 Å². The highest BCUT2D eigenvalue weighted by atomic mass is 16.5. The van der Waals surface area contributed by atoms with Gasteiger partial charge in [0.1, 0.15) is 5.69 Å². The van der Waals surface area contributed by atoms with Crippen LogP contribution in [0.4, 0.5) is 10.6 Å². The van der Waals surface area contributed by atoms with E-state index < -0.39 is 5.97 Å². The number of anilines is 1. The number of amides is 2. The second-order valence-electron chi connectivity index (χ2n) is 3.01. The third-order valence-electron chi connectivity index (χ3n) is 1.85. The van der Waals surface area contributed by atoms with Gasteiger partial charge in [-0.1, -0.05) is 0 Å². The topological polar surface area (TPSA) is 85.3 Å². The van der Waals surface area contributed by atoms with Gasteiger partial charge in [-0.3, -0.25) is 10.00 Å². The van der Waals surface area contributed by atoms with E-state index in [1.807, 2.05) is 0 Å². The number of aromatic nitrogens is 2. The molecule has 0 saturated carbocycles. The molecule has 0 saturated heterocycles. The van der Waals surface area contributed by atoms with Crippen molar-refractivity contribution >= 4 is 17.8 Å². The minimum absolute atomic E-state index is 0.272. The van der Waals surface area contributed by atoms with Crippen molar-refractivity contribution in [2.24, 2.45) is 7.05 Å². The highest BCUT2D eigenvalue weighted by Gasteiger charge is 2.14. The summed E-state index contributed by atoms with van der Waals surface area (Å²) >= 11 is 0. The van der Waals surface area contributed by atoms with Gasteiger partial charge in [-0.2, -0.15) is 5.10 Å². The maximum Gasteiger partial charge on any atom is 0.356 e. The SMILES string of the molecule is CCNC(=O)Nc1cc(C(=O)OC)n(C)n1. The van der Waals surface area contributed by atoms with E-state index in [0.29, 0.717) is 12.4 Å². The number of carbonyl (C=O) groups excluding carboxylic acids is 2. The lowest BCUT2D eigenvalue weighted by Crippen LogP contribution is -2.28. The van der Waals surface area contributed by atoms with Crippen LogP contribution in [0.15, 0.2) is 6.07 Å². The fourth-order valence-corrected chi connectivity index (χ4v) is 1.15. The van der Waals surface area contributed by atoms with Crippen molar-refractivity contribution < 1.29 is 14.3 Å². The van der Waals surface area contributed by atoms with Gasteiger partial charge < -0.3 is 10.1 Å². The normalized spacial score (nSPS) is 9.69. The lowest BCUT2D eigenvalue weighted by atomic mass is 10.4. The van der Waals surface area contributed by atoms with Crippen molar-refractivity contribution in [3.63, 3.8) is 0 Å². The molecule has 0 aliphatic carbocycles. The zero-order valence-electron chi connectivity index (χ0n) is 9.40. The third kappa shape index (κ3) is 2.72. The van der Waals surface area contributed by atoms with Crippen LogP contribution < -0.4 is 10.6 Å². The van der Waals surface area contributed by atoms with E-state index in [1.165, 1.54) is 17.9 Å². The number of aryl methyl sites for hydroxylation is 1. The molecule has 1 aromatic heterocycles. The highest BCUT2D eigenvalue weighted by molar-refractivity contribution is 5.92. The van der Waals surface area contributed by atoms with Gasteiger partial charge in [0.05, 0.1) is 7.11 Å². The summed E-state index contributed by atoms with van der Waals surface area (Å²) in [5.41, 5.74) is 0.272. The van der Waals surface area contributed by atoms with Crippen molar-refractivity contribution in [1.82, 2.24) is 15.1 Å². The van der Waals surface area contributed by atoms with Crippen LogP contribution in [0.2, 0.25) is 0 Å². The summed E-state index contributed by atoms with van der Waals surface area (Å²) in [5.74, 6) is -0.201. The first kappa shape index (κ1) is 12.0. The Bertz CT molecular complexity index is 399. The predicted molar refractivity (Wildman–Crippen MR) is 57.2 cm³/mol. The van der Waals surface area contributed by atoms with Crippen LogP contribution in [-0.2, 0) is 11.8 Å². The molecule has 16 heavy (non-hydrogen) atoms. The van der Waals surface area contributed by atoms with Gasteiger partial charge in [0.2, 0.25) is 0 Å². The number of hydrogen-bond acceptors (Lipinski definition) is 4. The Balaban J connectivity index is 2.77. The quantitative estimate of drug-likeness (QED) is 0.728. The summed E-state index contributed by atoms with van der Waals surface area (Å²) in [6.45, 7) is 2.32. The van der Waals surface area contributed by atoms with Crippen LogP contribution in [-0.4, -0.2) is 35.4 Å². The van der Waals surface area contributed by atoms with Gasteiger partial charge in [0.25, 0.3) is 0 Å². The zero-order chi connectivity index (χ0) is 12.1. The number of ether oxygens (including phenoxy) is 1. The maximum atomic E-state index is 11.2. The number of hydrogen-bond donors (Lipinski definition) is 2. The van der Waals surface area contributed by atoms with E-state index in [9.17, 15) is 9.59 Å². The van der Waals surface area contributed by atoms with Crippen molar-refractivity contribution in [2.75, 3.05) is 19.0 Å². The van der Waals surface area contributed by atoms with Crippen LogP contribution >= 0.6 is 0 Å². The second-order valence-corrected chi connectivity index (χ2v) is 3.01. The minimum atomic E-state index is -0.501. The van der Waals surface area contributed by atoms with Crippen LogP contribution in [0.25, 0.3) is 0 Å². The molecule has 1 heterocycles. The van der Waals surface area contributed by atoms with Crippen molar-refractivity contribution in [1.29, 1.82) is 0 Å². The lowest BCUT2D eigenvalue weighted by molar-refractivity contribution is 0.0588. The number of carbonyl (C=O) groups is 2. The summed E-state index contributed by atoms with van der Waals surface area (Å²) in [5, 5.41) is 8.99. The average Bonchev–Trinajstić information content (AvgIpc) is 2.58. The molecule has 0 unspecified atom stereocenters. The Hall–Kier alpha value is -2.05. The van der Waals surface area contributed by atoms with Crippen LogP contribution in [0.1, 0.15) is 17.4 Å². The molecule has 0 radical (unpaired) electrons. The molecule has 0 aromatic carbocycles. The minimum Gasteiger partial charge on any atom is -0.464 e. The summed E-state index contributed by atoms with van der Waals surface area (Å²) in [7, 11) is 2.88. The van der Waals surface area contributed by atoms with Crippen LogP contribution in [0.3, 0.4) is 0 Å². The number of methoxy groups -OCH3 is 1. The summed E-state index contributed by atoms with van der Waals surface area (Å²) in [6.07, 6.45) is 0. The smallest absolute Gasteiger partial charge is 0.356 e. The van der Waals surface area contributed by atoms with Crippen molar-refractivity contribution in [2.45, 2.75) is 6.92 Å². The summed E-state index contributed by atoms with van der Waals surface area (Å²) < 4.78 is 5.90. The van der Waals surface area contributed by atoms with E-state index in [1.54, 1.807) is 14.0 Å². The molecule has 0 aliphatic rings. The van der Waals surface area contributed by atoms with E-state index in [2.05, 4.69) is 20.5 Å². The first-order valence-corrected chi connectivity index (χ1v) is 4.75. The Morgan fingerprint density at radius 1 is 1.56 bits per heavy atom. The molecule has 1 rings (SSSR count). The highest BCUT2D eigenvalue weighted by Crippen LogP contribution is 2.08. The monoisotopic (exact) mass is 226 g/mol. The Labute approximate surface area is 92.8 Å². The molecule has 2 amide bonds. The standard InChI is InChI=1S/C9H14N4O3/c1-4-10-9(15)11-7-5-6(8(14)16-3)13(2)12-7/h5H,4H2,1-3H3,(H2,10,11,12,15). The Kier molecular flexibility index (Phi) is 3.87. The van der Waals surface area contributed by atoms with E-state index in [4.69, 9.17) is 0 Å². The molecule has 0 bridgehead atoms. The van der Waals surface area contributed by atoms with Crippen LogP contribution in [0.5, 0.6) is 0 Å². The number of nitrogens with zero attached hydrogens (tertiary/aromatic N) is 2. The lowest BCUT2D eigenvalue weighted by Gasteiger charge is -2.00. The molecular formula is C9H14N4O3. The summed E-state index contributed by atoms with van der Waals surface area (Å²) in [6, 6.07) is 1.08. The molecule has 0 atom stereocenters. The number of nitrogens with one attached hydrogen (secondary N) is 2. The first-order valence-electron chi connectivity index (χ1n) is 4.75. The largest absolute Gasteiger partial charge is 0.464 e. The fourth-order valence-electron chi connectivity index (χ4n) is 1.15. The molecule has 0 aliphatic heterocycles. The predicted octanol–water partition coefficient (Wildman–Crippen LogP) is 0.348. The van der Waals surface area contributed by atoms with Gasteiger partial charge >= 0.3 is 12.0 Å². The molecule has 0 fully saturated rings. The van der Waals surface area contributed by atoms with Gasteiger partial charge in [-0.05, 0) is 6.92 Å². The van der Waals surface area contributed by atoms with Gasteiger partial charge in [0, 0.05) is 19.7 Å². The number of rotatable bonds is 3. The average molecular weight is 226 g/mol.